The molecule has 7 nitrogen and oxygen atoms in total. The summed E-state index contributed by atoms with van der Waals surface area (Å²) in [6.07, 6.45) is 1.59. The number of aromatic nitrogens is 2. The second-order valence-electron chi connectivity index (χ2n) is 7.47. The van der Waals surface area contributed by atoms with Crippen LogP contribution in [0.3, 0.4) is 0 Å². The number of H-pyrrole nitrogens is 1. The lowest BCUT2D eigenvalue weighted by atomic mass is 9.89. The van der Waals surface area contributed by atoms with Crippen LogP contribution in [0.15, 0.2) is 42.6 Å². The van der Waals surface area contributed by atoms with Crippen molar-refractivity contribution in [3.63, 3.8) is 0 Å². The van der Waals surface area contributed by atoms with Crippen LogP contribution in [0, 0.1) is 5.41 Å². The van der Waals surface area contributed by atoms with Gasteiger partial charge in [0.1, 0.15) is 18.2 Å². The molecule has 2 aromatic heterocycles. The minimum atomic E-state index is -0.488. The first-order valence-electron chi connectivity index (χ1n) is 8.96. The number of ether oxygens (including phenoxy) is 1. The van der Waals surface area contributed by atoms with E-state index in [2.05, 4.69) is 15.3 Å². The number of ketones is 1. The van der Waals surface area contributed by atoms with E-state index in [0.717, 1.165) is 10.9 Å². The van der Waals surface area contributed by atoms with Crippen LogP contribution in [0.1, 0.15) is 41.6 Å². The van der Waals surface area contributed by atoms with Gasteiger partial charge in [-0.05, 0) is 36.4 Å². The Morgan fingerprint density at radius 2 is 1.89 bits per heavy atom. The highest BCUT2D eigenvalue weighted by Crippen LogP contribution is 2.24. The number of aromatic amines is 1. The predicted molar refractivity (Wildman–Crippen MR) is 107 cm³/mol. The van der Waals surface area contributed by atoms with Crippen molar-refractivity contribution < 1.29 is 19.4 Å². The molecular weight excluding hydrogens is 358 g/mol. The van der Waals surface area contributed by atoms with Gasteiger partial charge in [-0.25, -0.2) is 4.98 Å². The summed E-state index contributed by atoms with van der Waals surface area (Å²) in [5, 5.41) is 12.3. The molecule has 0 aliphatic carbocycles. The fourth-order valence-electron chi connectivity index (χ4n) is 2.68. The topological polar surface area (TPSA) is 104 Å². The highest BCUT2D eigenvalue weighted by atomic mass is 16.5. The first kappa shape index (κ1) is 19.6. The van der Waals surface area contributed by atoms with E-state index < -0.39 is 5.41 Å². The summed E-state index contributed by atoms with van der Waals surface area (Å²) < 4.78 is 5.28. The highest BCUT2D eigenvalue weighted by molar-refractivity contribution is 6.05. The lowest BCUT2D eigenvalue weighted by Crippen LogP contribution is -2.20. The monoisotopic (exact) mass is 381 g/mol. The van der Waals surface area contributed by atoms with Crippen LogP contribution in [-0.4, -0.2) is 40.0 Å². The summed E-state index contributed by atoms with van der Waals surface area (Å²) in [6.45, 7) is 5.73. The maximum Gasteiger partial charge on any atom is 0.256 e. The number of pyridine rings is 1. The van der Waals surface area contributed by atoms with Crippen LogP contribution in [0.4, 0.5) is 5.82 Å². The van der Waals surface area contributed by atoms with E-state index in [1.54, 1.807) is 42.6 Å². The van der Waals surface area contributed by atoms with Crippen LogP contribution in [0.25, 0.3) is 10.9 Å². The van der Waals surface area contributed by atoms with Crippen LogP contribution in [-0.2, 0) is 0 Å². The molecule has 0 saturated heterocycles. The average Bonchev–Trinajstić information content (AvgIpc) is 3.08. The number of aliphatic hydroxyl groups excluding tert-OH is 1. The fourth-order valence-corrected chi connectivity index (χ4v) is 2.68. The maximum atomic E-state index is 12.4. The molecule has 1 amide bonds. The van der Waals surface area contributed by atoms with Gasteiger partial charge in [-0.15, -0.1) is 0 Å². The maximum absolute atomic E-state index is 12.4. The molecule has 2 heterocycles. The van der Waals surface area contributed by atoms with Crippen molar-refractivity contribution in [3.05, 3.63) is 53.9 Å². The minimum Gasteiger partial charge on any atom is -0.491 e. The third kappa shape index (κ3) is 4.37. The molecule has 146 valence electrons. The molecule has 0 fully saturated rings. The highest BCUT2D eigenvalue weighted by Gasteiger charge is 2.24. The molecular formula is C21H23N3O4. The molecule has 28 heavy (non-hydrogen) atoms. The number of benzene rings is 1. The van der Waals surface area contributed by atoms with Gasteiger partial charge in [0, 0.05) is 16.4 Å². The molecule has 0 saturated carbocycles. The zero-order chi connectivity index (χ0) is 20.3. The molecule has 7 heteroatoms. The molecule has 0 spiro atoms. The lowest BCUT2D eigenvalue weighted by molar-refractivity contribution is 0.0853. The zero-order valence-electron chi connectivity index (χ0n) is 16.1. The third-order valence-electron chi connectivity index (χ3n) is 4.15. The Morgan fingerprint density at radius 3 is 2.54 bits per heavy atom. The number of nitrogens with zero attached hydrogens (tertiary/aromatic N) is 1. The molecule has 0 aliphatic heterocycles. The van der Waals surface area contributed by atoms with Crippen molar-refractivity contribution in [3.8, 4) is 5.75 Å². The Kier molecular flexibility index (Phi) is 5.46. The number of nitrogens with one attached hydrogen (secondary N) is 2. The summed E-state index contributed by atoms with van der Waals surface area (Å²) in [5.41, 5.74) is 1.22. The van der Waals surface area contributed by atoms with Gasteiger partial charge in [-0.2, -0.15) is 0 Å². The number of Topliss-reactive ketones (excluding diaryl/α,β-unsaturated/α-hetero) is 1. The first-order chi connectivity index (χ1) is 13.3. The van der Waals surface area contributed by atoms with Crippen molar-refractivity contribution in [2.75, 3.05) is 18.5 Å². The van der Waals surface area contributed by atoms with Crippen molar-refractivity contribution in [1.82, 2.24) is 9.97 Å². The SMILES string of the molecule is CC(C)(C)C(=O)c1cc2cc(NC(=O)c3ccc(OCCO)cc3)ncc2[nH]1. The van der Waals surface area contributed by atoms with Crippen LogP contribution < -0.4 is 10.1 Å². The molecule has 3 rings (SSSR count). The number of hydrogen-bond acceptors (Lipinski definition) is 5. The number of aliphatic hydroxyl groups is 1. The number of carbonyl (C=O) groups is 2. The number of anilines is 1. The van der Waals surface area contributed by atoms with Crippen LogP contribution in [0.5, 0.6) is 5.75 Å². The summed E-state index contributed by atoms with van der Waals surface area (Å²) in [6, 6.07) is 10.1. The van der Waals surface area contributed by atoms with Gasteiger partial charge in [-0.3, -0.25) is 9.59 Å². The average molecular weight is 381 g/mol. The first-order valence-corrected chi connectivity index (χ1v) is 8.96. The van der Waals surface area contributed by atoms with Gasteiger partial charge < -0.3 is 20.1 Å². The molecule has 3 N–H and O–H groups in total. The Balaban J connectivity index is 1.75. The molecule has 3 aromatic rings. The molecule has 0 atom stereocenters. The summed E-state index contributed by atoms with van der Waals surface area (Å²) in [7, 11) is 0. The third-order valence-corrected chi connectivity index (χ3v) is 4.15. The lowest BCUT2D eigenvalue weighted by Gasteiger charge is -2.14. The van der Waals surface area contributed by atoms with E-state index in [9.17, 15) is 9.59 Å². The van der Waals surface area contributed by atoms with E-state index >= 15 is 0 Å². The zero-order valence-corrected chi connectivity index (χ0v) is 16.1. The molecule has 0 radical (unpaired) electrons. The summed E-state index contributed by atoms with van der Waals surface area (Å²) in [4.78, 5) is 32.2. The summed E-state index contributed by atoms with van der Waals surface area (Å²) >= 11 is 0. The normalized spacial score (nSPS) is 11.4. The van der Waals surface area contributed by atoms with Crippen molar-refractivity contribution in [2.45, 2.75) is 20.8 Å². The van der Waals surface area contributed by atoms with E-state index in [1.165, 1.54) is 0 Å². The Bertz CT molecular complexity index is 1000. The van der Waals surface area contributed by atoms with Gasteiger partial charge in [0.25, 0.3) is 5.91 Å². The van der Waals surface area contributed by atoms with E-state index in [0.29, 0.717) is 22.8 Å². The number of fused-ring (bicyclic) bond motifs is 1. The van der Waals surface area contributed by atoms with E-state index in [1.807, 2.05) is 20.8 Å². The van der Waals surface area contributed by atoms with E-state index in [-0.39, 0.29) is 24.9 Å². The second-order valence-corrected chi connectivity index (χ2v) is 7.47. The van der Waals surface area contributed by atoms with Crippen molar-refractivity contribution in [2.24, 2.45) is 5.41 Å². The minimum absolute atomic E-state index is 0.0118. The number of amides is 1. The summed E-state index contributed by atoms with van der Waals surface area (Å²) in [5.74, 6) is 0.681. The molecule has 0 unspecified atom stereocenters. The predicted octanol–water partition coefficient (Wildman–Crippen LogP) is 3.42. The van der Waals surface area contributed by atoms with Gasteiger partial charge in [-0.1, -0.05) is 20.8 Å². The Hall–Kier alpha value is -3.19. The van der Waals surface area contributed by atoms with Crippen molar-refractivity contribution in [1.29, 1.82) is 0 Å². The van der Waals surface area contributed by atoms with E-state index in [4.69, 9.17) is 9.84 Å². The van der Waals surface area contributed by atoms with Gasteiger partial charge in [0.15, 0.2) is 5.78 Å². The molecule has 0 aliphatic rings. The second kappa shape index (κ2) is 7.82. The Morgan fingerprint density at radius 1 is 1.18 bits per heavy atom. The molecule has 0 bridgehead atoms. The van der Waals surface area contributed by atoms with Gasteiger partial charge >= 0.3 is 0 Å². The van der Waals surface area contributed by atoms with Gasteiger partial charge in [0.2, 0.25) is 0 Å². The van der Waals surface area contributed by atoms with Crippen LogP contribution >= 0.6 is 0 Å². The number of hydrogen-bond donors (Lipinski definition) is 3. The van der Waals surface area contributed by atoms with Gasteiger partial charge in [0.05, 0.1) is 24.0 Å². The smallest absolute Gasteiger partial charge is 0.256 e. The standard InChI is InChI=1S/C21H23N3O4/c1-21(2,3)19(26)16-10-14-11-18(22-12-17(14)23-16)24-20(27)13-4-6-15(7-5-13)28-9-8-25/h4-7,10-12,23,25H,8-9H2,1-3H3,(H,22,24,27). The molecule has 1 aromatic carbocycles. The van der Waals surface area contributed by atoms with Crippen molar-refractivity contribution >= 4 is 28.4 Å². The van der Waals surface area contributed by atoms with Crippen LogP contribution in [0.2, 0.25) is 0 Å². The quantitative estimate of drug-likeness (QED) is 0.568. The fraction of sp³-hybridized carbons (Fsp3) is 0.286. The number of carbonyl (C=O) groups excluding carboxylic acids is 2. The Labute approximate surface area is 162 Å². The largest absolute Gasteiger partial charge is 0.491 e. The number of rotatable bonds is 6.